The first kappa shape index (κ1) is 16.9. The molecule has 0 saturated carbocycles. The quantitative estimate of drug-likeness (QED) is 0.872. The largest absolute Gasteiger partial charge is 0.388 e. The molecular formula is C16H27N3O3. The molecule has 1 saturated heterocycles. The van der Waals surface area contributed by atoms with Gasteiger partial charge in [-0.15, -0.1) is 0 Å². The first-order valence-corrected chi connectivity index (χ1v) is 8.13. The number of aliphatic hydroxyl groups is 1. The Kier molecular flexibility index (Phi) is 5.21. The molecule has 1 fully saturated rings. The lowest BCUT2D eigenvalue weighted by molar-refractivity contribution is -0.136. The standard InChI is InChI=1S/C16H27N3O3/c1-11(2)15-17-13(22-18-15)8-5-9-14(20)19-10-6-7-12(19)16(3,4)21/h11-12,21H,5-10H2,1-4H3. The molecule has 0 bridgehead atoms. The van der Waals surface area contributed by atoms with E-state index < -0.39 is 5.60 Å². The molecule has 1 aromatic heterocycles. The van der Waals surface area contributed by atoms with E-state index in [1.165, 1.54) is 0 Å². The molecule has 1 aliphatic heterocycles. The smallest absolute Gasteiger partial charge is 0.226 e. The highest BCUT2D eigenvalue weighted by molar-refractivity contribution is 5.77. The molecule has 1 aromatic rings. The third-order valence-corrected chi connectivity index (χ3v) is 4.17. The number of hydrogen-bond donors (Lipinski definition) is 1. The van der Waals surface area contributed by atoms with E-state index in [0.717, 1.165) is 19.4 Å². The van der Waals surface area contributed by atoms with Gasteiger partial charge in [0, 0.05) is 25.3 Å². The maximum absolute atomic E-state index is 12.4. The van der Waals surface area contributed by atoms with E-state index in [0.29, 0.717) is 31.0 Å². The van der Waals surface area contributed by atoms with Gasteiger partial charge in [-0.25, -0.2) is 0 Å². The van der Waals surface area contributed by atoms with E-state index in [-0.39, 0.29) is 17.9 Å². The van der Waals surface area contributed by atoms with E-state index in [2.05, 4.69) is 10.1 Å². The van der Waals surface area contributed by atoms with Crippen molar-refractivity contribution in [1.29, 1.82) is 0 Å². The summed E-state index contributed by atoms with van der Waals surface area (Å²) in [6.07, 6.45) is 3.59. The van der Waals surface area contributed by atoms with Crippen molar-refractivity contribution >= 4 is 5.91 Å². The Morgan fingerprint density at radius 3 is 2.82 bits per heavy atom. The highest BCUT2D eigenvalue weighted by Crippen LogP contribution is 2.27. The van der Waals surface area contributed by atoms with E-state index in [4.69, 9.17) is 4.52 Å². The Balaban J connectivity index is 1.82. The van der Waals surface area contributed by atoms with E-state index >= 15 is 0 Å². The van der Waals surface area contributed by atoms with Crippen LogP contribution in [0.3, 0.4) is 0 Å². The predicted molar refractivity (Wildman–Crippen MR) is 82.4 cm³/mol. The zero-order valence-corrected chi connectivity index (χ0v) is 14.0. The molecule has 0 spiro atoms. The number of likely N-dealkylation sites (tertiary alicyclic amines) is 1. The first-order valence-electron chi connectivity index (χ1n) is 8.13. The molecule has 1 aliphatic rings. The van der Waals surface area contributed by atoms with Crippen molar-refractivity contribution in [2.24, 2.45) is 0 Å². The minimum atomic E-state index is -0.842. The monoisotopic (exact) mass is 309 g/mol. The Bertz CT molecular complexity index is 505. The van der Waals surface area contributed by atoms with Crippen LogP contribution in [0.25, 0.3) is 0 Å². The van der Waals surface area contributed by atoms with Crippen LogP contribution in [-0.2, 0) is 11.2 Å². The maximum Gasteiger partial charge on any atom is 0.226 e. The van der Waals surface area contributed by atoms with Crippen LogP contribution in [0.15, 0.2) is 4.52 Å². The predicted octanol–water partition coefficient (Wildman–Crippen LogP) is 2.28. The second-order valence-corrected chi connectivity index (χ2v) is 6.95. The number of nitrogens with zero attached hydrogens (tertiary/aromatic N) is 3. The average Bonchev–Trinajstić information content (AvgIpc) is 3.06. The third-order valence-electron chi connectivity index (χ3n) is 4.17. The fourth-order valence-electron chi connectivity index (χ4n) is 2.94. The molecule has 22 heavy (non-hydrogen) atoms. The fourth-order valence-corrected chi connectivity index (χ4v) is 2.94. The molecule has 6 nitrogen and oxygen atoms in total. The van der Waals surface area contributed by atoms with Crippen molar-refractivity contribution in [1.82, 2.24) is 15.0 Å². The second-order valence-electron chi connectivity index (χ2n) is 6.95. The lowest BCUT2D eigenvalue weighted by Gasteiger charge is -2.33. The van der Waals surface area contributed by atoms with Crippen molar-refractivity contribution in [3.05, 3.63) is 11.7 Å². The Labute approximate surface area is 131 Å². The maximum atomic E-state index is 12.4. The van der Waals surface area contributed by atoms with Crippen LogP contribution in [0.4, 0.5) is 0 Å². The molecule has 6 heteroatoms. The zero-order chi connectivity index (χ0) is 16.3. The summed E-state index contributed by atoms with van der Waals surface area (Å²) in [6.45, 7) is 8.32. The van der Waals surface area contributed by atoms with Gasteiger partial charge in [0.15, 0.2) is 5.82 Å². The number of carbonyl (C=O) groups is 1. The molecule has 1 amide bonds. The Morgan fingerprint density at radius 1 is 1.50 bits per heavy atom. The summed E-state index contributed by atoms with van der Waals surface area (Å²) in [5.41, 5.74) is -0.842. The van der Waals surface area contributed by atoms with E-state index in [1.807, 2.05) is 18.7 Å². The molecule has 0 aliphatic carbocycles. The summed E-state index contributed by atoms with van der Waals surface area (Å²) in [5.74, 6) is 1.66. The lowest BCUT2D eigenvalue weighted by Crippen LogP contribution is -2.48. The van der Waals surface area contributed by atoms with Gasteiger partial charge in [-0.3, -0.25) is 4.79 Å². The van der Waals surface area contributed by atoms with Crippen molar-refractivity contribution in [2.75, 3.05) is 6.54 Å². The van der Waals surface area contributed by atoms with Crippen molar-refractivity contribution in [3.8, 4) is 0 Å². The van der Waals surface area contributed by atoms with Crippen LogP contribution in [0.1, 0.15) is 71.0 Å². The SMILES string of the molecule is CC(C)c1noc(CCCC(=O)N2CCCC2C(C)(C)O)n1. The van der Waals surface area contributed by atoms with Crippen molar-refractivity contribution in [2.45, 2.75) is 77.4 Å². The van der Waals surface area contributed by atoms with Gasteiger partial charge in [0.1, 0.15) is 0 Å². The van der Waals surface area contributed by atoms with Gasteiger partial charge in [-0.1, -0.05) is 19.0 Å². The number of aromatic nitrogens is 2. The summed E-state index contributed by atoms with van der Waals surface area (Å²) in [7, 11) is 0. The van der Waals surface area contributed by atoms with E-state index in [1.54, 1.807) is 13.8 Å². The first-order chi connectivity index (χ1) is 10.3. The summed E-state index contributed by atoms with van der Waals surface area (Å²) < 4.78 is 5.18. The Morgan fingerprint density at radius 2 is 2.23 bits per heavy atom. The molecule has 2 rings (SSSR count). The highest BCUT2D eigenvalue weighted by Gasteiger charge is 2.37. The number of aryl methyl sites for hydroxylation is 1. The van der Waals surface area contributed by atoms with Gasteiger partial charge < -0.3 is 14.5 Å². The molecular weight excluding hydrogens is 282 g/mol. The van der Waals surface area contributed by atoms with Crippen LogP contribution >= 0.6 is 0 Å². The molecule has 1 N–H and O–H groups in total. The lowest BCUT2D eigenvalue weighted by atomic mass is 9.96. The number of carbonyl (C=O) groups excluding carboxylic acids is 1. The molecule has 2 heterocycles. The van der Waals surface area contributed by atoms with Crippen LogP contribution in [0.5, 0.6) is 0 Å². The van der Waals surface area contributed by atoms with Gasteiger partial charge in [0.2, 0.25) is 11.8 Å². The fraction of sp³-hybridized carbons (Fsp3) is 0.812. The van der Waals surface area contributed by atoms with Gasteiger partial charge in [0.05, 0.1) is 11.6 Å². The summed E-state index contributed by atoms with van der Waals surface area (Å²) in [5, 5.41) is 14.1. The van der Waals surface area contributed by atoms with Gasteiger partial charge in [-0.2, -0.15) is 4.98 Å². The molecule has 1 atom stereocenters. The van der Waals surface area contributed by atoms with Gasteiger partial charge in [0.25, 0.3) is 0 Å². The third kappa shape index (κ3) is 4.06. The molecule has 124 valence electrons. The Hall–Kier alpha value is -1.43. The summed E-state index contributed by atoms with van der Waals surface area (Å²) in [4.78, 5) is 18.5. The highest BCUT2D eigenvalue weighted by atomic mass is 16.5. The number of hydrogen-bond acceptors (Lipinski definition) is 5. The van der Waals surface area contributed by atoms with Gasteiger partial charge >= 0.3 is 0 Å². The minimum Gasteiger partial charge on any atom is -0.388 e. The average molecular weight is 309 g/mol. The van der Waals surface area contributed by atoms with Crippen LogP contribution < -0.4 is 0 Å². The molecule has 0 radical (unpaired) electrons. The van der Waals surface area contributed by atoms with E-state index in [9.17, 15) is 9.90 Å². The van der Waals surface area contributed by atoms with Crippen LogP contribution in [0, 0.1) is 0 Å². The normalized spacial score (nSPS) is 19.2. The molecule has 1 unspecified atom stereocenters. The number of amides is 1. The number of rotatable bonds is 6. The summed E-state index contributed by atoms with van der Waals surface area (Å²) >= 11 is 0. The topological polar surface area (TPSA) is 79.5 Å². The van der Waals surface area contributed by atoms with Crippen LogP contribution in [0.2, 0.25) is 0 Å². The summed E-state index contributed by atoms with van der Waals surface area (Å²) in [6, 6.07) is -0.0732. The van der Waals surface area contributed by atoms with Crippen LogP contribution in [-0.4, -0.2) is 44.2 Å². The zero-order valence-electron chi connectivity index (χ0n) is 14.0. The van der Waals surface area contributed by atoms with Crippen molar-refractivity contribution in [3.63, 3.8) is 0 Å². The van der Waals surface area contributed by atoms with Crippen molar-refractivity contribution < 1.29 is 14.4 Å². The second kappa shape index (κ2) is 6.77. The minimum absolute atomic E-state index is 0.0732. The molecule has 0 aromatic carbocycles. The van der Waals surface area contributed by atoms with Gasteiger partial charge in [-0.05, 0) is 33.1 Å².